The van der Waals surface area contributed by atoms with Gasteiger partial charge in [-0.1, -0.05) is 24.3 Å². The van der Waals surface area contributed by atoms with E-state index in [1.165, 1.54) is 0 Å². The van der Waals surface area contributed by atoms with Crippen LogP contribution >= 0.6 is 0 Å². The Labute approximate surface area is 123 Å². The lowest BCUT2D eigenvalue weighted by molar-refractivity contribution is -0.124. The summed E-state index contributed by atoms with van der Waals surface area (Å²) in [5.74, 6) is 1.36. The maximum atomic E-state index is 12.0. The number of para-hydroxylation sites is 1. The number of carbonyl (C=O) groups is 1. The number of nitrogens with one attached hydrogen (secondary N) is 1. The van der Waals surface area contributed by atoms with E-state index < -0.39 is 0 Å². The standard InChI is InChI=1S/C17H17NO3/c19-17(16-10-5-11-20-16)18-13-6-4-9-15(12-13)21-14-7-2-1-3-8-14/h1-4,6-9,12,16H,5,10-11H2,(H,18,19)/t16-/m1/s1. The molecular formula is C17H17NO3. The van der Waals surface area contributed by atoms with E-state index in [9.17, 15) is 4.79 Å². The summed E-state index contributed by atoms with van der Waals surface area (Å²) in [4.78, 5) is 12.0. The van der Waals surface area contributed by atoms with Crippen LogP contribution in [0.1, 0.15) is 12.8 Å². The second kappa shape index (κ2) is 6.41. The first-order valence-corrected chi connectivity index (χ1v) is 7.07. The fourth-order valence-electron chi connectivity index (χ4n) is 2.27. The lowest BCUT2D eigenvalue weighted by Crippen LogP contribution is -2.26. The summed E-state index contributed by atoms with van der Waals surface area (Å²) in [6.45, 7) is 0.662. The van der Waals surface area contributed by atoms with Crippen LogP contribution in [0.4, 0.5) is 5.69 Å². The highest BCUT2D eigenvalue weighted by Crippen LogP contribution is 2.24. The van der Waals surface area contributed by atoms with Crippen molar-refractivity contribution in [3.63, 3.8) is 0 Å². The van der Waals surface area contributed by atoms with Crippen molar-refractivity contribution in [3.05, 3.63) is 54.6 Å². The third-order valence-corrected chi connectivity index (χ3v) is 3.30. The fourth-order valence-corrected chi connectivity index (χ4v) is 2.27. The molecule has 108 valence electrons. The highest BCUT2D eigenvalue weighted by molar-refractivity contribution is 5.94. The van der Waals surface area contributed by atoms with Gasteiger partial charge < -0.3 is 14.8 Å². The molecule has 0 saturated carbocycles. The summed E-state index contributed by atoms with van der Waals surface area (Å²) in [6, 6.07) is 16.9. The summed E-state index contributed by atoms with van der Waals surface area (Å²) in [5, 5.41) is 2.87. The molecule has 0 unspecified atom stereocenters. The minimum atomic E-state index is -0.330. The predicted molar refractivity (Wildman–Crippen MR) is 80.6 cm³/mol. The highest BCUT2D eigenvalue weighted by atomic mass is 16.5. The maximum absolute atomic E-state index is 12.0. The Morgan fingerprint density at radius 2 is 1.90 bits per heavy atom. The number of amides is 1. The molecule has 0 aromatic heterocycles. The normalized spacial score (nSPS) is 17.4. The zero-order chi connectivity index (χ0) is 14.5. The van der Waals surface area contributed by atoms with Crippen molar-refractivity contribution in [2.75, 3.05) is 11.9 Å². The van der Waals surface area contributed by atoms with E-state index in [-0.39, 0.29) is 12.0 Å². The molecular weight excluding hydrogens is 266 g/mol. The third-order valence-electron chi connectivity index (χ3n) is 3.30. The minimum absolute atomic E-state index is 0.0932. The molecule has 0 radical (unpaired) electrons. The van der Waals surface area contributed by atoms with Crippen LogP contribution < -0.4 is 10.1 Å². The Bertz CT molecular complexity index is 606. The minimum Gasteiger partial charge on any atom is -0.457 e. The molecule has 1 aliphatic rings. The summed E-state index contributed by atoms with van der Waals surface area (Å²) < 4.78 is 11.1. The van der Waals surface area contributed by atoms with Gasteiger partial charge in [-0.05, 0) is 37.1 Å². The maximum Gasteiger partial charge on any atom is 0.253 e. The second-order valence-electron chi connectivity index (χ2n) is 4.93. The predicted octanol–water partition coefficient (Wildman–Crippen LogP) is 3.60. The molecule has 0 spiro atoms. The van der Waals surface area contributed by atoms with Gasteiger partial charge in [-0.25, -0.2) is 0 Å². The number of ether oxygens (including phenoxy) is 2. The Hall–Kier alpha value is -2.33. The van der Waals surface area contributed by atoms with Gasteiger partial charge >= 0.3 is 0 Å². The lowest BCUT2D eigenvalue weighted by Gasteiger charge is -2.11. The average molecular weight is 283 g/mol. The molecule has 1 atom stereocenters. The third kappa shape index (κ3) is 3.61. The average Bonchev–Trinajstić information content (AvgIpc) is 3.03. The van der Waals surface area contributed by atoms with Crippen LogP contribution in [0, 0.1) is 0 Å². The first-order chi connectivity index (χ1) is 10.3. The van der Waals surface area contributed by atoms with Gasteiger partial charge in [-0.2, -0.15) is 0 Å². The van der Waals surface area contributed by atoms with Crippen LogP contribution in [0.2, 0.25) is 0 Å². The molecule has 1 saturated heterocycles. The smallest absolute Gasteiger partial charge is 0.253 e. The largest absolute Gasteiger partial charge is 0.457 e. The van der Waals surface area contributed by atoms with E-state index in [4.69, 9.17) is 9.47 Å². The Morgan fingerprint density at radius 3 is 2.67 bits per heavy atom. The first kappa shape index (κ1) is 13.6. The van der Waals surface area contributed by atoms with Crippen molar-refractivity contribution in [1.82, 2.24) is 0 Å². The molecule has 4 nitrogen and oxygen atoms in total. The van der Waals surface area contributed by atoms with E-state index >= 15 is 0 Å². The molecule has 1 aliphatic heterocycles. The van der Waals surface area contributed by atoms with Gasteiger partial charge in [0.2, 0.25) is 0 Å². The molecule has 1 N–H and O–H groups in total. The van der Waals surface area contributed by atoms with Crippen LogP contribution in [0.3, 0.4) is 0 Å². The van der Waals surface area contributed by atoms with Gasteiger partial charge in [0.1, 0.15) is 17.6 Å². The van der Waals surface area contributed by atoms with Gasteiger partial charge in [0.05, 0.1) is 0 Å². The van der Waals surface area contributed by atoms with Gasteiger partial charge in [0.25, 0.3) is 5.91 Å². The Kier molecular flexibility index (Phi) is 4.17. The van der Waals surface area contributed by atoms with Crippen molar-refractivity contribution >= 4 is 11.6 Å². The van der Waals surface area contributed by atoms with E-state index in [0.717, 1.165) is 18.6 Å². The summed E-state index contributed by atoms with van der Waals surface area (Å²) in [5.41, 5.74) is 0.712. The number of hydrogen-bond acceptors (Lipinski definition) is 3. The molecule has 0 bridgehead atoms. The van der Waals surface area contributed by atoms with Crippen LogP contribution in [0.25, 0.3) is 0 Å². The first-order valence-electron chi connectivity index (χ1n) is 7.07. The van der Waals surface area contributed by atoms with E-state index in [0.29, 0.717) is 18.0 Å². The summed E-state index contributed by atoms with van der Waals surface area (Å²) in [7, 11) is 0. The highest BCUT2D eigenvalue weighted by Gasteiger charge is 2.23. The van der Waals surface area contributed by atoms with E-state index in [1.54, 1.807) is 6.07 Å². The number of benzene rings is 2. The molecule has 1 heterocycles. The summed E-state index contributed by atoms with van der Waals surface area (Å²) >= 11 is 0. The van der Waals surface area contributed by atoms with Crippen LogP contribution in [0.5, 0.6) is 11.5 Å². The van der Waals surface area contributed by atoms with E-state index in [1.807, 2.05) is 48.5 Å². The SMILES string of the molecule is O=C(Nc1cccc(Oc2ccccc2)c1)[C@H]1CCCO1. The van der Waals surface area contributed by atoms with Crippen molar-refractivity contribution < 1.29 is 14.3 Å². The number of carbonyl (C=O) groups excluding carboxylic acids is 1. The topological polar surface area (TPSA) is 47.6 Å². The van der Waals surface area contributed by atoms with Crippen molar-refractivity contribution in [1.29, 1.82) is 0 Å². The number of anilines is 1. The van der Waals surface area contributed by atoms with Crippen LogP contribution in [-0.4, -0.2) is 18.6 Å². The zero-order valence-electron chi connectivity index (χ0n) is 11.6. The molecule has 0 aliphatic carbocycles. The molecule has 3 rings (SSSR count). The monoisotopic (exact) mass is 283 g/mol. The van der Waals surface area contributed by atoms with Gasteiger partial charge in [-0.3, -0.25) is 4.79 Å². The van der Waals surface area contributed by atoms with Crippen LogP contribution in [0.15, 0.2) is 54.6 Å². The number of rotatable bonds is 4. The van der Waals surface area contributed by atoms with Crippen molar-refractivity contribution in [2.45, 2.75) is 18.9 Å². The molecule has 4 heteroatoms. The van der Waals surface area contributed by atoms with Gasteiger partial charge in [-0.15, -0.1) is 0 Å². The molecule has 1 fully saturated rings. The van der Waals surface area contributed by atoms with Crippen molar-refractivity contribution in [3.8, 4) is 11.5 Å². The molecule has 2 aromatic carbocycles. The molecule has 21 heavy (non-hydrogen) atoms. The summed E-state index contributed by atoms with van der Waals surface area (Å²) in [6.07, 6.45) is 1.39. The van der Waals surface area contributed by atoms with Gasteiger partial charge in [0.15, 0.2) is 0 Å². The molecule has 2 aromatic rings. The van der Waals surface area contributed by atoms with Gasteiger partial charge in [0, 0.05) is 18.4 Å². The number of hydrogen-bond donors (Lipinski definition) is 1. The Morgan fingerprint density at radius 1 is 1.10 bits per heavy atom. The fraction of sp³-hybridized carbons (Fsp3) is 0.235. The lowest BCUT2D eigenvalue weighted by atomic mass is 10.2. The quantitative estimate of drug-likeness (QED) is 0.932. The van der Waals surface area contributed by atoms with E-state index in [2.05, 4.69) is 5.32 Å². The molecule has 1 amide bonds. The second-order valence-corrected chi connectivity index (χ2v) is 4.93. The zero-order valence-corrected chi connectivity index (χ0v) is 11.6. The Balaban J connectivity index is 1.66. The van der Waals surface area contributed by atoms with Crippen LogP contribution in [-0.2, 0) is 9.53 Å². The van der Waals surface area contributed by atoms with Crippen molar-refractivity contribution in [2.24, 2.45) is 0 Å².